The molecular weight excluding hydrogens is 427 g/mol. The fraction of sp³-hybridized carbons (Fsp3) is 0.286. The highest BCUT2D eigenvalue weighted by atomic mass is 19.1. The summed E-state index contributed by atoms with van der Waals surface area (Å²) < 4.78 is 20.7. The molecule has 0 N–H and O–H groups in total. The Bertz CT molecular complexity index is 1430. The van der Waals surface area contributed by atoms with Crippen LogP contribution >= 0.6 is 0 Å². The molecule has 170 valence electrons. The van der Waals surface area contributed by atoms with Crippen molar-refractivity contribution < 1.29 is 8.91 Å². The average molecular weight is 453 g/mol. The summed E-state index contributed by atoms with van der Waals surface area (Å²) in [4.78, 5) is 14.4. The summed E-state index contributed by atoms with van der Waals surface area (Å²) in [5.41, 5.74) is 5.71. The zero-order chi connectivity index (χ0) is 23.4. The van der Waals surface area contributed by atoms with Crippen LogP contribution in [0.4, 0.5) is 4.39 Å². The van der Waals surface area contributed by atoms with Crippen LogP contribution in [0, 0.1) is 11.7 Å². The van der Waals surface area contributed by atoms with Crippen LogP contribution in [-0.4, -0.2) is 20.1 Å². The Balaban J connectivity index is 1.62. The molecule has 3 heterocycles. The fourth-order valence-electron chi connectivity index (χ4n) is 6.06. The first-order valence-corrected chi connectivity index (χ1v) is 11.7. The number of rotatable bonds is 3. The third-order valence-electron chi connectivity index (χ3n) is 7.70. The lowest BCUT2D eigenvalue weighted by atomic mass is 9.56. The standard InChI is InChI=1S/C28H25FN4O/c1-4-19-13-17(11-12-30-19)27-32-24(20-7-5-6-8-23(20)29)21-9-10-22-16(2)25-18(15-31-34-25)14-28(22,3)26(21)33-27/h4-8,11-13,15-16,22H,1,9-10,14H2,2-3H3/t16-,22-,28-/m1/s1. The Labute approximate surface area is 197 Å². The summed E-state index contributed by atoms with van der Waals surface area (Å²) >= 11 is 0. The van der Waals surface area contributed by atoms with Crippen molar-refractivity contribution in [2.75, 3.05) is 0 Å². The van der Waals surface area contributed by atoms with Crippen LogP contribution in [0.5, 0.6) is 0 Å². The number of hydrogen-bond acceptors (Lipinski definition) is 5. The molecule has 1 aromatic carbocycles. The third kappa shape index (κ3) is 3.05. The molecule has 34 heavy (non-hydrogen) atoms. The Morgan fingerprint density at radius 2 is 2.06 bits per heavy atom. The van der Waals surface area contributed by atoms with Gasteiger partial charge in [-0.1, -0.05) is 37.7 Å². The van der Waals surface area contributed by atoms with Gasteiger partial charge in [0.1, 0.15) is 11.6 Å². The van der Waals surface area contributed by atoms with E-state index in [9.17, 15) is 0 Å². The predicted octanol–water partition coefficient (Wildman–Crippen LogP) is 6.16. The molecule has 5 nitrogen and oxygen atoms in total. The quantitative estimate of drug-likeness (QED) is 0.373. The molecule has 6 heteroatoms. The van der Waals surface area contributed by atoms with Gasteiger partial charge in [0.2, 0.25) is 0 Å². The molecule has 0 radical (unpaired) electrons. The van der Waals surface area contributed by atoms with E-state index in [0.717, 1.165) is 53.1 Å². The van der Waals surface area contributed by atoms with E-state index in [0.29, 0.717) is 23.0 Å². The van der Waals surface area contributed by atoms with E-state index in [2.05, 4.69) is 30.6 Å². The smallest absolute Gasteiger partial charge is 0.160 e. The molecule has 0 spiro atoms. The van der Waals surface area contributed by atoms with E-state index < -0.39 is 0 Å². The van der Waals surface area contributed by atoms with Crippen molar-refractivity contribution in [1.29, 1.82) is 0 Å². The number of aromatic nitrogens is 4. The van der Waals surface area contributed by atoms with Crippen molar-refractivity contribution in [1.82, 2.24) is 20.1 Å². The molecule has 0 saturated heterocycles. The van der Waals surface area contributed by atoms with Crippen LogP contribution in [0.25, 0.3) is 28.7 Å². The van der Waals surface area contributed by atoms with E-state index in [-0.39, 0.29) is 17.2 Å². The minimum absolute atomic E-state index is 0.230. The third-order valence-corrected chi connectivity index (χ3v) is 7.70. The SMILES string of the molecule is C=Cc1cc(-c2nc(-c3ccccc3F)c3c(n2)[C@]2(C)Cc4cnoc4[C@H](C)[C@H]2CC3)ccn1. The van der Waals surface area contributed by atoms with Crippen LogP contribution in [-0.2, 0) is 18.3 Å². The normalized spacial score (nSPS) is 23.0. The van der Waals surface area contributed by atoms with Gasteiger partial charge in [-0.05, 0) is 55.5 Å². The van der Waals surface area contributed by atoms with Gasteiger partial charge in [-0.15, -0.1) is 0 Å². The molecule has 6 rings (SSSR count). The molecule has 0 bridgehead atoms. The molecule has 0 unspecified atom stereocenters. The van der Waals surface area contributed by atoms with Crippen molar-refractivity contribution in [2.24, 2.45) is 5.92 Å². The second-order valence-electron chi connectivity index (χ2n) is 9.62. The number of halogens is 1. The highest BCUT2D eigenvalue weighted by molar-refractivity contribution is 5.70. The average Bonchev–Trinajstić information content (AvgIpc) is 3.32. The molecular formula is C28H25FN4O. The maximum atomic E-state index is 15.0. The van der Waals surface area contributed by atoms with E-state index in [1.165, 1.54) is 6.07 Å². The minimum Gasteiger partial charge on any atom is -0.361 e. The van der Waals surface area contributed by atoms with Crippen LogP contribution in [0.3, 0.4) is 0 Å². The van der Waals surface area contributed by atoms with Gasteiger partial charge in [0.25, 0.3) is 0 Å². The molecule has 2 aliphatic rings. The van der Waals surface area contributed by atoms with E-state index in [4.69, 9.17) is 14.5 Å². The van der Waals surface area contributed by atoms with E-state index in [1.54, 1.807) is 24.4 Å². The lowest BCUT2D eigenvalue weighted by Crippen LogP contribution is -2.45. The minimum atomic E-state index is -0.276. The Hall–Kier alpha value is -3.67. The fourth-order valence-corrected chi connectivity index (χ4v) is 6.06. The van der Waals surface area contributed by atoms with Gasteiger partial charge in [-0.3, -0.25) is 4.98 Å². The summed E-state index contributed by atoms with van der Waals surface area (Å²) in [5, 5.41) is 4.09. The van der Waals surface area contributed by atoms with Gasteiger partial charge >= 0.3 is 0 Å². The van der Waals surface area contributed by atoms with Gasteiger partial charge < -0.3 is 4.52 Å². The second kappa shape index (κ2) is 7.69. The molecule has 4 aromatic rings. The summed E-state index contributed by atoms with van der Waals surface area (Å²) in [5.74, 6) is 1.86. The van der Waals surface area contributed by atoms with Crippen LogP contribution < -0.4 is 0 Å². The Morgan fingerprint density at radius 1 is 1.21 bits per heavy atom. The number of benzene rings is 1. The molecule has 0 fully saturated rings. The maximum Gasteiger partial charge on any atom is 0.160 e. The number of nitrogens with zero attached hydrogens (tertiary/aromatic N) is 4. The van der Waals surface area contributed by atoms with E-state index in [1.807, 2.05) is 24.4 Å². The lowest BCUT2D eigenvalue weighted by Gasteiger charge is -2.47. The molecule has 3 atom stereocenters. The first kappa shape index (κ1) is 20.9. The first-order valence-electron chi connectivity index (χ1n) is 11.7. The van der Waals surface area contributed by atoms with Crippen LogP contribution in [0.15, 0.2) is 59.9 Å². The van der Waals surface area contributed by atoms with Crippen molar-refractivity contribution in [3.63, 3.8) is 0 Å². The summed E-state index contributed by atoms with van der Waals surface area (Å²) in [6.45, 7) is 8.34. The molecule has 2 aliphatic carbocycles. The summed E-state index contributed by atoms with van der Waals surface area (Å²) in [6.07, 6.45) is 7.81. The monoisotopic (exact) mass is 452 g/mol. The highest BCUT2D eigenvalue weighted by Gasteiger charge is 2.50. The van der Waals surface area contributed by atoms with Crippen molar-refractivity contribution in [3.8, 4) is 22.6 Å². The van der Waals surface area contributed by atoms with Crippen molar-refractivity contribution in [2.45, 2.75) is 44.4 Å². The summed E-state index contributed by atoms with van der Waals surface area (Å²) in [7, 11) is 0. The zero-order valence-electron chi connectivity index (χ0n) is 19.3. The number of hydrogen-bond donors (Lipinski definition) is 0. The van der Waals surface area contributed by atoms with Gasteiger partial charge in [-0.2, -0.15) is 0 Å². The van der Waals surface area contributed by atoms with Gasteiger partial charge in [-0.25, -0.2) is 14.4 Å². The van der Waals surface area contributed by atoms with Crippen molar-refractivity contribution in [3.05, 3.63) is 89.5 Å². The van der Waals surface area contributed by atoms with E-state index >= 15 is 4.39 Å². The molecule has 3 aromatic heterocycles. The zero-order valence-corrected chi connectivity index (χ0v) is 19.3. The topological polar surface area (TPSA) is 64.7 Å². The largest absolute Gasteiger partial charge is 0.361 e. The van der Waals surface area contributed by atoms with Gasteiger partial charge in [0.15, 0.2) is 5.82 Å². The van der Waals surface area contributed by atoms with Crippen LogP contribution in [0.1, 0.15) is 54.5 Å². The van der Waals surface area contributed by atoms with Gasteiger partial charge in [0.05, 0.1) is 23.3 Å². The summed E-state index contributed by atoms with van der Waals surface area (Å²) in [6, 6.07) is 10.7. The molecule has 0 amide bonds. The predicted molar refractivity (Wildman–Crippen MR) is 129 cm³/mol. The van der Waals surface area contributed by atoms with Gasteiger partial charge in [0, 0.05) is 39.8 Å². The highest BCUT2D eigenvalue weighted by Crippen LogP contribution is 2.54. The van der Waals surface area contributed by atoms with Crippen LogP contribution in [0.2, 0.25) is 0 Å². The number of fused-ring (bicyclic) bond motifs is 4. The molecule has 0 saturated carbocycles. The van der Waals surface area contributed by atoms with Crippen molar-refractivity contribution >= 4 is 6.08 Å². The first-order chi connectivity index (χ1) is 16.5. The maximum absolute atomic E-state index is 15.0. The second-order valence-corrected chi connectivity index (χ2v) is 9.62. The lowest BCUT2D eigenvalue weighted by molar-refractivity contribution is 0.172. The Morgan fingerprint density at radius 3 is 2.88 bits per heavy atom. The number of pyridine rings is 1. The Kier molecular flexibility index (Phi) is 4.73. The molecule has 0 aliphatic heterocycles.